The van der Waals surface area contributed by atoms with Crippen LogP contribution in [0.15, 0.2) is 73.3 Å². The molecule has 0 radical (unpaired) electrons. The van der Waals surface area contributed by atoms with E-state index in [2.05, 4.69) is 75.0 Å². The molecule has 0 amide bonds. The molecule has 4 rings (SSSR count). The quantitative estimate of drug-likeness (QED) is 0.129. The van der Waals surface area contributed by atoms with E-state index < -0.39 is 6.10 Å². The number of ether oxygens (including phenoxy) is 4. The molecule has 1 saturated heterocycles. The van der Waals surface area contributed by atoms with Gasteiger partial charge in [0.15, 0.2) is 5.75 Å². The van der Waals surface area contributed by atoms with Gasteiger partial charge in [-0.2, -0.15) is 0 Å². The summed E-state index contributed by atoms with van der Waals surface area (Å²) in [6.07, 6.45) is 4.56. The molecule has 0 saturated carbocycles. The number of aliphatic hydroxyl groups excluding tert-OH is 1. The van der Waals surface area contributed by atoms with Crippen LogP contribution in [-0.4, -0.2) is 50.3 Å². The van der Waals surface area contributed by atoms with Crippen molar-refractivity contribution in [2.24, 2.45) is 5.92 Å². The number of epoxide rings is 1. The summed E-state index contributed by atoms with van der Waals surface area (Å²) in [5.74, 6) is 1.90. The van der Waals surface area contributed by atoms with Crippen molar-refractivity contribution in [3.63, 3.8) is 0 Å². The summed E-state index contributed by atoms with van der Waals surface area (Å²) < 4.78 is 22.4. The van der Waals surface area contributed by atoms with Gasteiger partial charge in [-0.3, -0.25) is 0 Å². The third-order valence-electron chi connectivity index (χ3n) is 6.95. The van der Waals surface area contributed by atoms with Crippen LogP contribution < -0.4 is 9.47 Å². The van der Waals surface area contributed by atoms with Crippen LogP contribution in [-0.2, 0) is 15.9 Å². The second kappa shape index (κ2) is 14.7. The Labute approximate surface area is 233 Å². The Morgan fingerprint density at radius 1 is 0.974 bits per heavy atom. The molecule has 1 fully saturated rings. The van der Waals surface area contributed by atoms with E-state index in [0.717, 1.165) is 42.7 Å². The predicted octanol–water partition coefficient (Wildman–Crippen LogP) is 6.17. The number of hydrogen-bond acceptors (Lipinski definition) is 5. The van der Waals surface area contributed by atoms with E-state index in [0.29, 0.717) is 31.0 Å². The first-order valence-electron chi connectivity index (χ1n) is 13.9. The molecule has 39 heavy (non-hydrogen) atoms. The molecule has 1 aliphatic rings. The standard InChI is InChI=1S/C34H40O5/c1-4-20-36-22-30(35)23-38-32-18-13-29(14-19-32)34(27-9-6-26(7-10-27)8-15-33-24-39-33)28-11-16-31(17-12-28)37-21-25(3)5-2/h4,6-7,9-11,13-14,16,18-19,25,30,33-35H,1,5,8,15,20-24H2,2-3H3. The Morgan fingerprint density at radius 2 is 1.69 bits per heavy atom. The summed E-state index contributed by atoms with van der Waals surface area (Å²) in [5.41, 5.74) is 4.64. The van der Waals surface area contributed by atoms with Crippen molar-refractivity contribution in [3.8, 4) is 11.5 Å². The Hall–Kier alpha value is -3.30. The van der Waals surface area contributed by atoms with E-state index in [9.17, 15) is 5.11 Å². The van der Waals surface area contributed by atoms with E-state index in [1.54, 1.807) is 6.08 Å². The molecule has 4 atom stereocenters. The first-order valence-corrected chi connectivity index (χ1v) is 13.9. The van der Waals surface area contributed by atoms with Gasteiger partial charge in [0.05, 0.1) is 32.5 Å². The van der Waals surface area contributed by atoms with Crippen LogP contribution in [0.2, 0.25) is 0 Å². The van der Waals surface area contributed by atoms with E-state index in [1.807, 2.05) is 18.2 Å². The van der Waals surface area contributed by atoms with E-state index in [1.165, 1.54) is 11.1 Å². The molecule has 1 N–H and O–H groups in total. The Bertz CT molecular complexity index is 1120. The lowest BCUT2D eigenvalue weighted by Crippen LogP contribution is -2.23. The molecule has 3 aromatic carbocycles. The first kappa shape index (κ1) is 28.7. The van der Waals surface area contributed by atoms with Crippen molar-refractivity contribution in [3.05, 3.63) is 108 Å². The molecule has 5 heteroatoms. The number of aryl methyl sites for hydroxylation is 1. The van der Waals surface area contributed by atoms with E-state index in [-0.39, 0.29) is 19.1 Å². The fourth-order valence-corrected chi connectivity index (χ4v) is 4.26. The fourth-order valence-electron chi connectivity index (χ4n) is 4.26. The number of hydrogen-bond donors (Lipinski definition) is 1. The van der Waals surface area contributed by atoms with Crippen molar-refractivity contribution in [1.29, 1.82) is 0 Å². The zero-order valence-corrected chi connectivity index (χ0v) is 23.1. The van der Waals surface area contributed by atoms with Crippen molar-refractivity contribution in [1.82, 2.24) is 0 Å². The van der Waals surface area contributed by atoms with Gasteiger partial charge in [-0.1, -0.05) is 68.8 Å². The highest BCUT2D eigenvalue weighted by Crippen LogP contribution is 2.33. The number of rotatable bonds is 17. The summed E-state index contributed by atoms with van der Waals surface area (Å²) in [6, 6.07) is 27.5. The maximum Gasteiger partial charge on any atom is 0.170 e. The Balaban J connectivity index is 1.48. The summed E-state index contributed by atoms with van der Waals surface area (Å²) >= 11 is 0. The molecule has 4 unspecified atom stereocenters. The highest BCUT2D eigenvalue weighted by molar-refractivity contribution is 5.44. The van der Waals surface area contributed by atoms with Crippen molar-refractivity contribution >= 4 is 0 Å². The molecular formula is C34H40O5. The molecule has 1 aliphatic heterocycles. The second-order valence-corrected chi connectivity index (χ2v) is 10.3. The molecule has 206 valence electrons. The van der Waals surface area contributed by atoms with Gasteiger partial charge >= 0.3 is 0 Å². The minimum absolute atomic E-state index is 0.0161. The lowest BCUT2D eigenvalue weighted by molar-refractivity contribution is 0.0214. The lowest BCUT2D eigenvalue weighted by Gasteiger charge is -2.19. The van der Waals surface area contributed by atoms with Gasteiger partial charge in [0.1, 0.15) is 18.5 Å². The maximum absolute atomic E-state index is 10.1. The van der Waals surface area contributed by atoms with Crippen LogP contribution in [0.4, 0.5) is 0 Å². The highest BCUT2D eigenvalue weighted by Gasteiger charge is 2.22. The molecule has 0 aromatic heterocycles. The van der Waals surface area contributed by atoms with Gasteiger partial charge in [0.25, 0.3) is 0 Å². The zero-order chi connectivity index (χ0) is 27.5. The van der Waals surface area contributed by atoms with Crippen LogP contribution in [0.3, 0.4) is 0 Å². The monoisotopic (exact) mass is 528 g/mol. The predicted molar refractivity (Wildman–Crippen MR) is 153 cm³/mol. The van der Waals surface area contributed by atoms with Crippen molar-refractivity contribution < 1.29 is 24.1 Å². The van der Waals surface area contributed by atoms with Gasteiger partial charge in [-0.15, -0.1) is 6.58 Å². The average Bonchev–Trinajstić information content (AvgIpc) is 3.81. The van der Waals surface area contributed by atoms with E-state index >= 15 is 0 Å². The van der Waals surface area contributed by atoms with Gasteiger partial charge in [0, 0.05) is 11.5 Å². The normalized spacial score (nSPS) is 16.5. The third kappa shape index (κ3) is 9.14. The minimum atomic E-state index is -0.700. The van der Waals surface area contributed by atoms with Crippen LogP contribution in [0.5, 0.6) is 11.5 Å². The van der Waals surface area contributed by atoms with Crippen LogP contribution >= 0.6 is 0 Å². The summed E-state index contributed by atoms with van der Waals surface area (Å²) in [6.45, 7) is 10.3. The van der Waals surface area contributed by atoms with Gasteiger partial charge in [0.2, 0.25) is 0 Å². The second-order valence-electron chi connectivity index (χ2n) is 10.3. The highest BCUT2D eigenvalue weighted by atomic mass is 16.6. The van der Waals surface area contributed by atoms with Crippen LogP contribution in [0.1, 0.15) is 54.9 Å². The molecule has 1 heterocycles. The first-order chi connectivity index (χ1) is 19.1. The van der Waals surface area contributed by atoms with Crippen LogP contribution in [0.25, 0.3) is 0 Å². The molecular weight excluding hydrogens is 488 g/mol. The largest absolute Gasteiger partial charge is 0.491 e. The smallest absolute Gasteiger partial charge is 0.170 e. The summed E-state index contributed by atoms with van der Waals surface area (Å²) in [4.78, 5) is 0. The van der Waals surface area contributed by atoms with Crippen molar-refractivity contribution in [2.45, 2.75) is 51.2 Å². The molecule has 0 bridgehead atoms. The Morgan fingerprint density at radius 3 is 2.31 bits per heavy atom. The molecule has 5 nitrogen and oxygen atoms in total. The third-order valence-corrected chi connectivity index (χ3v) is 6.95. The average molecular weight is 529 g/mol. The van der Waals surface area contributed by atoms with Crippen molar-refractivity contribution in [2.75, 3.05) is 33.0 Å². The fraction of sp³-hybridized carbons (Fsp3) is 0.412. The summed E-state index contributed by atoms with van der Waals surface area (Å²) in [5, 5.41) is 10.1. The number of benzene rings is 2. The maximum atomic E-state index is 10.1. The molecule has 0 spiro atoms. The molecule has 3 aromatic rings. The summed E-state index contributed by atoms with van der Waals surface area (Å²) in [7, 11) is 0. The van der Waals surface area contributed by atoms with Gasteiger partial charge in [-0.25, -0.2) is 0 Å². The topological polar surface area (TPSA) is 60.5 Å². The number of aliphatic hydroxyl groups is 1. The van der Waals surface area contributed by atoms with Crippen LogP contribution in [0, 0.1) is 18.1 Å². The van der Waals surface area contributed by atoms with Gasteiger partial charge < -0.3 is 24.1 Å². The lowest BCUT2D eigenvalue weighted by atomic mass is 9.85. The van der Waals surface area contributed by atoms with Gasteiger partial charge in [-0.05, 0) is 65.8 Å². The van der Waals surface area contributed by atoms with E-state index in [4.69, 9.17) is 18.9 Å². The molecule has 0 aliphatic carbocycles. The minimum Gasteiger partial charge on any atom is -0.491 e. The zero-order valence-electron chi connectivity index (χ0n) is 23.1. The Kier molecular flexibility index (Phi) is 10.9. The SMILES string of the molecule is C=CCOCC(O)COc1ccc(C(c2c#cc(OCC(C)CC)cc2)c2ccc(CCC3CO3)cc2)cc1.